The summed E-state index contributed by atoms with van der Waals surface area (Å²) in [5.74, 6) is 2.62. The number of hydrogen-bond donors (Lipinski definition) is 0. The van der Waals surface area contributed by atoms with Crippen LogP contribution in [0.5, 0.6) is 17.2 Å². The Labute approximate surface area is 154 Å². The van der Waals surface area contributed by atoms with Crippen LogP contribution in [0.1, 0.15) is 12.8 Å². The highest BCUT2D eigenvalue weighted by Crippen LogP contribution is 2.26. The molecule has 138 valence electrons. The summed E-state index contributed by atoms with van der Waals surface area (Å²) in [7, 11) is 1.59. The minimum absolute atomic E-state index is 0.0123. The maximum absolute atomic E-state index is 12.4. The van der Waals surface area contributed by atoms with Gasteiger partial charge in [-0.05, 0) is 43.0 Å². The molecule has 0 aromatic heterocycles. The van der Waals surface area contributed by atoms with Gasteiger partial charge in [-0.15, -0.1) is 0 Å². The Bertz CT molecular complexity index is 696. The Hall–Kier alpha value is -2.69. The summed E-state index contributed by atoms with van der Waals surface area (Å²) in [5.41, 5.74) is 0. The first-order valence-corrected chi connectivity index (χ1v) is 8.97. The second kappa shape index (κ2) is 9.13. The summed E-state index contributed by atoms with van der Waals surface area (Å²) in [6.07, 6.45) is 1.90. The van der Waals surface area contributed by atoms with Crippen LogP contribution >= 0.6 is 0 Å². The molecule has 5 heteroatoms. The lowest BCUT2D eigenvalue weighted by atomic mass is 9.98. The third kappa shape index (κ3) is 4.91. The first kappa shape index (κ1) is 18.1. The molecule has 1 fully saturated rings. The number of benzene rings is 2. The van der Waals surface area contributed by atoms with Crippen LogP contribution in [0.4, 0.5) is 0 Å². The maximum Gasteiger partial charge on any atom is 0.260 e. The molecule has 0 bridgehead atoms. The fourth-order valence-corrected chi connectivity index (χ4v) is 3.05. The first-order valence-electron chi connectivity index (χ1n) is 8.97. The van der Waals surface area contributed by atoms with E-state index in [0.29, 0.717) is 24.0 Å². The fraction of sp³-hybridized carbons (Fsp3) is 0.381. The number of hydrogen-bond acceptors (Lipinski definition) is 4. The maximum atomic E-state index is 12.4. The molecule has 0 unspecified atom stereocenters. The Morgan fingerprint density at radius 3 is 2.31 bits per heavy atom. The average Bonchev–Trinajstić information content (AvgIpc) is 2.72. The molecule has 5 nitrogen and oxygen atoms in total. The lowest BCUT2D eigenvalue weighted by Crippen LogP contribution is -2.42. The number of likely N-dealkylation sites (tertiary alicyclic amines) is 1. The zero-order chi connectivity index (χ0) is 18.2. The van der Waals surface area contributed by atoms with E-state index in [0.717, 1.165) is 31.7 Å². The summed E-state index contributed by atoms with van der Waals surface area (Å²) in [4.78, 5) is 14.3. The highest BCUT2D eigenvalue weighted by atomic mass is 16.5. The van der Waals surface area contributed by atoms with E-state index in [1.165, 1.54) is 0 Å². The van der Waals surface area contributed by atoms with Gasteiger partial charge < -0.3 is 19.1 Å². The number of methoxy groups -OCH3 is 1. The summed E-state index contributed by atoms with van der Waals surface area (Å²) in [6, 6.07) is 17.2. The van der Waals surface area contributed by atoms with E-state index < -0.39 is 0 Å². The average molecular weight is 355 g/mol. The molecule has 0 saturated carbocycles. The van der Waals surface area contributed by atoms with Gasteiger partial charge >= 0.3 is 0 Å². The number of carbonyl (C=O) groups excluding carboxylic acids is 1. The molecule has 1 amide bonds. The van der Waals surface area contributed by atoms with Crippen LogP contribution in [0.3, 0.4) is 0 Å². The minimum Gasteiger partial charge on any atom is -0.493 e. The molecule has 0 atom stereocenters. The summed E-state index contributed by atoms with van der Waals surface area (Å²) < 4.78 is 16.7. The number of para-hydroxylation sites is 3. The molecule has 2 aromatic carbocycles. The van der Waals surface area contributed by atoms with Gasteiger partial charge in [0.1, 0.15) is 5.75 Å². The van der Waals surface area contributed by atoms with Crippen LogP contribution in [0.2, 0.25) is 0 Å². The molecule has 1 saturated heterocycles. The number of ether oxygens (including phenoxy) is 3. The summed E-state index contributed by atoms with van der Waals surface area (Å²) in [5, 5.41) is 0. The third-order valence-corrected chi connectivity index (χ3v) is 4.62. The van der Waals surface area contributed by atoms with Gasteiger partial charge in [0.15, 0.2) is 18.1 Å². The van der Waals surface area contributed by atoms with Crippen molar-refractivity contribution in [3.63, 3.8) is 0 Å². The number of nitrogens with zero attached hydrogens (tertiary/aromatic N) is 1. The van der Waals surface area contributed by atoms with Gasteiger partial charge in [-0.2, -0.15) is 0 Å². The highest BCUT2D eigenvalue weighted by Gasteiger charge is 2.23. The molecule has 2 aromatic rings. The van der Waals surface area contributed by atoms with Gasteiger partial charge in [-0.1, -0.05) is 30.3 Å². The Morgan fingerprint density at radius 1 is 0.962 bits per heavy atom. The molecule has 1 heterocycles. The van der Waals surface area contributed by atoms with E-state index in [4.69, 9.17) is 14.2 Å². The monoisotopic (exact) mass is 355 g/mol. The number of amides is 1. The van der Waals surface area contributed by atoms with E-state index in [1.807, 2.05) is 53.4 Å². The van der Waals surface area contributed by atoms with E-state index in [9.17, 15) is 4.79 Å². The number of carbonyl (C=O) groups is 1. The molecule has 0 radical (unpaired) electrons. The fourth-order valence-electron chi connectivity index (χ4n) is 3.05. The standard InChI is InChI=1S/C21H25NO4/c1-24-19-9-5-6-10-20(19)26-16-21(23)22-13-11-17(12-14-22)15-25-18-7-3-2-4-8-18/h2-10,17H,11-16H2,1H3. The molecule has 1 aliphatic heterocycles. The SMILES string of the molecule is COc1ccccc1OCC(=O)N1CCC(COc2ccccc2)CC1. The molecule has 1 aliphatic rings. The smallest absolute Gasteiger partial charge is 0.260 e. The van der Waals surface area contributed by atoms with Crippen molar-refractivity contribution in [2.45, 2.75) is 12.8 Å². The second-order valence-corrected chi connectivity index (χ2v) is 6.39. The van der Waals surface area contributed by atoms with Crippen molar-refractivity contribution in [3.05, 3.63) is 54.6 Å². The van der Waals surface area contributed by atoms with Gasteiger partial charge in [-0.3, -0.25) is 4.79 Å². The van der Waals surface area contributed by atoms with Gasteiger partial charge in [-0.25, -0.2) is 0 Å². The Morgan fingerprint density at radius 2 is 1.62 bits per heavy atom. The zero-order valence-electron chi connectivity index (χ0n) is 15.1. The van der Waals surface area contributed by atoms with Crippen molar-refractivity contribution in [3.8, 4) is 17.2 Å². The van der Waals surface area contributed by atoms with Crippen molar-refractivity contribution >= 4 is 5.91 Å². The van der Waals surface area contributed by atoms with E-state index >= 15 is 0 Å². The molecule has 0 N–H and O–H groups in total. The lowest BCUT2D eigenvalue weighted by Gasteiger charge is -2.31. The molecular weight excluding hydrogens is 330 g/mol. The van der Waals surface area contributed by atoms with Gasteiger partial charge in [0.2, 0.25) is 0 Å². The van der Waals surface area contributed by atoms with E-state index in [-0.39, 0.29) is 12.5 Å². The topological polar surface area (TPSA) is 48.0 Å². The highest BCUT2D eigenvalue weighted by molar-refractivity contribution is 5.78. The molecule has 0 spiro atoms. The second-order valence-electron chi connectivity index (χ2n) is 6.39. The van der Waals surface area contributed by atoms with E-state index in [2.05, 4.69) is 0 Å². The van der Waals surface area contributed by atoms with Crippen molar-refractivity contribution in [2.24, 2.45) is 5.92 Å². The largest absolute Gasteiger partial charge is 0.493 e. The van der Waals surface area contributed by atoms with Crippen LogP contribution in [0.25, 0.3) is 0 Å². The summed E-state index contributed by atoms with van der Waals surface area (Å²) >= 11 is 0. The molecule has 3 rings (SSSR count). The summed E-state index contributed by atoms with van der Waals surface area (Å²) in [6.45, 7) is 2.23. The third-order valence-electron chi connectivity index (χ3n) is 4.62. The van der Waals surface area contributed by atoms with Crippen LogP contribution in [-0.4, -0.2) is 44.2 Å². The van der Waals surface area contributed by atoms with Crippen molar-refractivity contribution in [1.29, 1.82) is 0 Å². The normalized spacial score (nSPS) is 14.7. The number of piperidine rings is 1. The lowest BCUT2D eigenvalue weighted by molar-refractivity contribution is -0.134. The molecular formula is C21H25NO4. The van der Waals surface area contributed by atoms with Crippen LogP contribution < -0.4 is 14.2 Å². The predicted octanol–water partition coefficient (Wildman–Crippen LogP) is 3.39. The first-order chi connectivity index (χ1) is 12.8. The van der Waals surface area contributed by atoms with Gasteiger partial charge in [0.05, 0.1) is 13.7 Å². The van der Waals surface area contributed by atoms with Crippen LogP contribution in [-0.2, 0) is 4.79 Å². The van der Waals surface area contributed by atoms with Gasteiger partial charge in [0.25, 0.3) is 5.91 Å². The predicted molar refractivity (Wildman–Crippen MR) is 99.7 cm³/mol. The van der Waals surface area contributed by atoms with E-state index in [1.54, 1.807) is 13.2 Å². The van der Waals surface area contributed by atoms with Crippen molar-refractivity contribution in [1.82, 2.24) is 4.90 Å². The minimum atomic E-state index is 0.0123. The Balaban J connectivity index is 1.40. The quantitative estimate of drug-likeness (QED) is 0.764. The molecule has 26 heavy (non-hydrogen) atoms. The molecule has 0 aliphatic carbocycles. The van der Waals surface area contributed by atoms with Crippen molar-refractivity contribution < 1.29 is 19.0 Å². The number of rotatable bonds is 7. The van der Waals surface area contributed by atoms with Crippen LogP contribution in [0, 0.1) is 5.92 Å². The zero-order valence-corrected chi connectivity index (χ0v) is 15.1. The van der Waals surface area contributed by atoms with Crippen molar-refractivity contribution in [2.75, 3.05) is 33.4 Å². The van der Waals surface area contributed by atoms with Crippen LogP contribution in [0.15, 0.2) is 54.6 Å². The van der Waals surface area contributed by atoms with Gasteiger partial charge in [0, 0.05) is 13.1 Å². The Kier molecular flexibility index (Phi) is 6.36.